The number of rotatable bonds is 3. The van der Waals surface area contributed by atoms with Crippen molar-refractivity contribution in [2.24, 2.45) is 0 Å². The van der Waals surface area contributed by atoms with Gasteiger partial charge >= 0.3 is 5.97 Å². The number of nitrogens with zero attached hydrogens (tertiary/aromatic N) is 2. The van der Waals surface area contributed by atoms with Gasteiger partial charge in [0.1, 0.15) is 5.56 Å². The number of esters is 1. The zero-order chi connectivity index (χ0) is 13.1. The first kappa shape index (κ1) is 12.1. The Labute approximate surface area is 104 Å². The van der Waals surface area contributed by atoms with Crippen LogP contribution in [0.15, 0.2) is 24.5 Å². The van der Waals surface area contributed by atoms with Gasteiger partial charge in [0.25, 0.3) is 0 Å². The molecule has 2 heterocycles. The molecule has 1 amide bonds. The number of anilines is 1. The quantitative estimate of drug-likeness (QED) is 0.833. The Morgan fingerprint density at radius 3 is 2.94 bits per heavy atom. The number of amides is 1. The molecule has 18 heavy (non-hydrogen) atoms. The summed E-state index contributed by atoms with van der Waals surface area (Å²) in [6.45, 7) is 3.47. The number of aromatic nitrogens is 2. The highest BCUT2D eigenvalue weighted by Crippen LogP contribution is 2.16. The summed E-state index contributed by atoms with van der Waals surface area (Å²) in [5.74, 6) is -0.593. The van der Waals surface area contributed by atoms with Gasteiger partial charge in [-0.25, -0.2) is 9.31 Å². The number of carbonyl (C=O) groups excluding carboxylic acids is 2. The molecule has 0 bridgehead atoms. The number of nitrogens with one attached hydrogen (secondary N) is 1. The molecule has 0 unspecified atom stereocenters. The second-order valence-corrected chi connectivity index (χ2v) is 3.71. The SMILES string of the molecule is CCOC(=O)c1cnn2ccc(NC(C)=O)cc12. The summed E-state index contributed by atoms with van der Waals surface area (Å²) < 4.78 is 6.49. The largest absolute Gasteiger partial charge is 0.462 e. The Morgan fingerprint density at radius 1 is 1.50 bits per heavy atom. The molecular formula is C12H13N3O3. The highest BCUT2D eigenvalue weighted by atomic mass is 16.5. The zero-order valence-corrected chi connectivity index (χ0v) is 10.1. The first-order valence-electron chi connectivity index (χ1n) is 5.54. The topological polar surface area (TPSA) is 72.7 Å². The lowest BCUT2D eigenvalue weighted by Gasteiger charge is -2.03. The molecule has 0 aliphatic rings. The fourth-order valence-electron chi connectivity index (χ4n) is 1.63. The molecule has 2 aromatic heterocycles. The van der Waals surface area contributed by atoms with Crippen molar-refractivity contribution in [1.82, 2.24) is 9.61 Å². The molecular weight excluding hydrogens is 234 g/mol. The Bertz CT molecular complexity index is 604. The van der Waals surface area contributed by atoms with E-state index in [-0.39, 0.29) is 5.91 Å². The third kappa shape index (κ3) is 2.32. The molecule has 6 heteroatoms. The van der Waals surface area contributed by atoms with Crippen molar-refractivity contribution >= 4 is 23.1 Å². The maximum atomic E-state index is 11.7. The molecule has 1 N–H and O–H groups in total. The van der Waals surface area contributed by atoms with E-state index in [9.17, 15) is 9.59 Å². The minimum absolute atomic E-state index is 0.170. The smallest absolute Gasteiger partial charge is 0.341 e. The third-order valence-corrected chi connectivity index (χ3v) is 2.34. The first-order valence-corrected chi connectivity index (χ1v) is 5.54. The summed E-state index contributed by atoms with van der Waals surface area (Å²) in [5.41, 5.74) is 1.59. The number of fused-ring (bicyclic) bond motifs is 1. The van der Waals surface area contributed by atoms with E-state index in [0.717, 1.165) is 0 Å². The first-order chi connectivity index (χ1) is 8.61. The lowest BCUT2D eigenvalue weighted by Crippen LogP contribution is -2.07. The predicted octanol–water partition coefficient (Wildman–Crippen LogP) is 1.47. The van der Waals surface area contributed by atoms with Crippen LogP contribution in [0.25, 0.3) is 5.52 Å². The fourth-order valence-corrected chi connectivity index (χ4v) is 1.63. The molecule has 0 saturated carbocycles. The number of carbonyl (C=O) groups is 2. The van der Waals surface area contributed by atoms with Crippen molar-refractivity contribution in [2.75, 3.05) is 11.9 Å². The van der Waals surface area contributed by atoms with Gasteiger partial charge in [0.2, 0.25) is 5.91 Å². The van der Waals surface area contributed by atoms with E-state index in [1.54, 1.807) is 29.8 Å². The molecule has 2 rings (SSSR count). The van der Waals surface area contributed by atoms with Crippen LogP contribution in [0, 0.1) is 0 Å². The normalized spacial score (nSPS) is 10.3. The number of hydrogen-bond donors (Lipinski definition) is 1. The summed E-state index contributed by atoms with van der Waals surface area (Å²) in [7, 11) is 0. The summed E-state index contributed by atoms with van der Waals surface area (Å²) in [4.78, 5) is 22.7. The minimum Gasteiger partial charge on any atom is -0.462 e. The van der Waals surface area contributed by atoms with Crippen LogP contribution in [-0.4, -0.2) is 28.1 Å². The molecule has 2 aromatic rings. The molecule has 0 spiro atoms. The lowest BCUT2D eigenvalue weighted by molar-refractivity contribution is -0.114. The van der Waals surface area contributed by atoms with E-state index in [1.165, 1.54) is 13.1 Å². The Balaban J connectivity index is 2.43. The van der Waals surface area contributed by atoms with E-state index in [1.807, 2.05) is 0 Å². The van der Waals surface area contributed by atoms with E-state index < -0.39 is 5.97 Å². The Hall–Kier alpha value is -2.37. The van der Waals surface area contributed by atoms with Gasteiger partial charge in [0.05, 0.1) is 18.3 Å². The number of ether oxygens (including phenoxy) is 1. The maximum absolute atomic E-state index is 11.7. The fraction of sp³-hybridized carbons (Fsp3) is 0.250. The van der Waals surface area contributed by atoms with Gasteiger partial charge in [0.15, 0.2) is 0 Å². The molecule has 6 nitrogen and oxygen atoms in total. The molecule has 0 aromatic carbocycles. The maximum Gasteiger partial charge on any atom is 0.341 e. The van der Waals surface area contributed by atoms with E-state index >= 15 is 0 Å². The van der Waals surface area contributed by atoms with Crippen LogP contribution in [0.1, 0.15) is 24.2 Å². The van der Waals surface area contributed by atoms with E-state index in [2.05, 4.69) is 10.4 Å². The Kier molecular flexibility index (Phi) is 3.27. The monoisotopic (exact) mass is 247 g/mol. The second-order valence-electron chi connectivity index (χ2n) is 3.71. The predicted molar refractivity (Wildman–Crippen MR) is 65.5 cm³/mol. The van der Waals surface area contributed by atoms with Crippen LogP contribution in [-0.2, 0) is 9.53 Å². The average molecular weight is 247 g/mol. The summed E-state index contributed by atoms with van der Waals surface area (Å²) in [5, 5.41) is 6.70. The number of pyridine rings is 1. The molecule has 0 fully saturated rings. The van der Waals surface area contributed by atoms with Crippen LogP contribution in [0.4, 0.5) is 5.69 Å². The van der Waals surface area contributed by atoms with Crippen molar-refractivity contribution in [1.29, 1.82) is 0 Å². The third-order valence-electron chi connectivity index (χ3n) is 2.34. The van der Waals surface area contributed by atoms with Gasteiger partial charge in [-0.3, -0.25) is 4.79 Å². The molecule has 0 radical (unpaired) electrons. The standard InChI is InChI=1S/C12H13N3O3/c1-3-18-12(17)10-7-13-15-5-4-9(6-11(10)15)14-8(2)16/h4-7H,3H2,1-2H3,(H,14,16). The summed E-state index contributed by atoms with van der Waals surface area (Å²) in [6.07, 6.45) is 3.12. The van der Waals surface area contributed by atoms with E-state index in [0.29, 0.717) is 23.4 Å². The van der Waals surface area contributed by atoms with Crippen LogP contribution in [0.3, 0.4) is 0 Å². The van der Waals surface area contributed by atoms with Crippen molar-refractivity contribution in [3.8, 4) is 0 Å². The molecule has 0 aliphatic heterocycles. The number of hydrogen-bond acceptors (Lipinski definition) is 4. The van der Waals surface area contributed by atoms with Gasteiger partial charge in [-0.15, -0.1) is 0 Å². The second kappa shape index (κ2) is 4.87. The molecule has 94 valence electrons. The van der Waals surface area contributed by atoms with Crippen molar-refractivity contribution < 1.29 is 14.3 Å². The van der Waals surface area contributed by atoms with Gasteiger partial charge < -0.3 is 10.1 Å². The van der Waals surface area contributed by atoms with Gasteiger partial charge in [-0.2, -0.15) is 5.10 Å². The van der Waals surface area contributed by atoms with Crippen molar-refractivity contribution in [3.63, 3.8) is 0 Å². The highest BCUT2D eigenvalue weighted by molar-refractivity contribution is 5.98. The minimum atomic E-state index is -0.424. The van der Waals surface area contributed by atoms with Crippen LogP contribution in [0.5, 0.6) is 0 Å². The average Bonchev–Trinajstić information content (AvgIpc) is 2.71. The van der Waals surface area contributed by atoms with Crippen LogP contribution >= 0.6 is 0 Å². The van der Waals surface area contributed by atoms with Crippen molar-refractivity contribution in [3.05, 3.63) is 30.1 Å². The van der Waals surface area contributed by atoms with E-state index in [4.69, 9.17) is 4.74 Å². The summed E-state index contributed by atoms with van der Waals surface area (Å²) >= 11 is 0. The van der Waals surface area contributed by atoms with Crippen LogP contribution in [0.2, 0.25) is 0 Å². The van der Waals surface area contributed by atoms with Crippen molar-refractivity contribution in [2.45, 2.75) is 13.8 Å². The molecule has 0 atom stereocenters. The highest BCUT2D eigenvalue weighted by Gasteiger charge is 2.14. The van der Waals surface area contributed by atoms with Crippen LogP contribution < -0.4 is 5.32 Å². The Morgan fingerprint density at radius 2 is 2.28 bits per heavy atom. The van der Waals surface area contributed by atoms with Gasteiger partial charge in [-0.1, -0.05) is 0 Å². The zero-order valence-electron chi connectivity index (χ0n) is 10.1. The molecule has 0 saturated heterocycles. The molecule has 0 aliphatic carbocycles. The van der Waals surface area contributed by atoms with Gasteiger partial charge in [0, 0.05) is 18.8 Å². The summed E-state index contributed by atoms with van der Waals surface area (Å²) in [6, 6.07) is 3.39. The van der Waals surface area contributed by atoms with Gasteiger partial charge in [-0.05, 0) is 19.1 Å². The lowest BCUT2D eigenvalue weighted by atomic mass is 10.2.